The van der Waals surface area contributed by atoms with Gasteiger partial charge in [0.2, 0.25) is 0 Å². The van der Waals surface area contributed by atoms with Crippen LogP contribution in [0.15, 0.2) is 36.4 Å². The number of thiocarbonyl (C=S) groups is 1. The van der Waals surface area contributed by atoms with Gasteiger partial charge in [-0.3, -0.25) is 10.1 Å². The van der Waals surface area contributed by atoms with Crippen molar-refractivity contribution in [2.75, 3.05) is 5.32 Å². The summed E-state index contributed by atoms with van der Waals surface area (Å²) in [5.74, 6) is -1.28. The smallest absolute Gasteiger partial charge is 0.335 e. The number of aryl methyl sites for hydroxylation is 3. The van der Waals surface area contributed by atoms with Gasteiger partial charge < -0.3 is 10.4 Å². The normalized spacial score (nSPS) is 10.1. The first-order valence-electron chi connectivity index (χ1n) is 7.31. The quantitative estimate of drug-likeness (QED) is 0.745. The van der Waals surface area contributed by atoms with Crippen LogP contribution in [0.25, 0.3) is 0 Å². The first-order chi connectivity index (χ1) is 11.3. The number of carbonyl (C=O) groups is 2. The summed E-state index contributed by atoms with van der Waals surface area (Å²) in [4.78, 5) is 23.2. The third-order valence-corrected chi connectivity index (χ3v) is 3.64. The van der Waals surface area contributed by atoms with Gasteiger partial charge in [0.05, 0.1) is 5.56 Å². The van der Waals surface area contributed by atoms with Crippen LogP contribution < -0.4 is 10.6 Å². The number of nitrogens with one attached hydrogen (secondary N) is 2. The van der Waals surface area contributed by atoms with Crippen LogP contribution >= 0.6 is 12.2 Å². The number of carbonyl (C=O) groups excluding carboxylic acids is 1. The molecule has 3 N–H and O–H groups in total. The molecule has 24 heavy (non-hydrogen) atoms. The second kappa shape index (κ2) is 7.23. The fraction of sp³-hybridized carbons (Fsp3) is 0.167. The Hall–Kier alpha value is -2.73. The second-order valence-electron chi connectivity index (χ2n) is 5.62. The number of carboxylic acids is 1. The molecular formula is C18H18N2O3S. The molecule has 0 bridgehead atoms. The molecule has 0 saturated carbocycles. The Bertz CT molecular complexity index is 811. The maximum atomic E-state index is 12.3. The lowest BCUT2D eigenvalue weighted by atomic mass is 10.1. The van der Waals surface area contributed by atoms with E-state index in [0.717, 1.165) is 16.7 Å². The van der Waals surface area contributed by atoms with Crippen molar-refractivity contribution >= 4 is 34.9 Å². The Morgan fingerprint density at radius 2 is 1.58 bits per heavy atom. The number of anilines is 1. The van der Waals surface area contributed by atoms with Gasteiger partial charge in [-0.05, 0) is 68.9 Å². The van der Waals surface area contributed by atoms with Gasteiger partial charge in [-0.2, -0.15) is 0 Å². The predicted molar refractivity (Wildman–Crippen MR) is 97.7 cm³/mol. The van der Waals surface area contributed by atoms with Crippen LogP contribution in [0.3, 0.4) is 0 Å². The minimum absolute atomic E-state index is 0.158. The Morgan fingerprint density at radius 1 is 0.958 bits per heavy atom. The molecule has 0 heterocycles. The van der Waals surface area contributed by atoms with Crippen LogP contribution in [0.1, 0.15) is 37.4 Å². The van der Waals surface area contributed by atoms with Crippen LogP contribution in [-0.2, 0) is 0 Å². The zero-order chi connectivity index (χ0) is 17.9. The summed E-state index contributed by atoms with van der Waals surface area (Å²) < 4.78 is 0. The average molecular weight is 342 g/mol. The summed E-state index contributed by atoms with van der Waals surface area (Å²) in [7, 11) is 0. The van der Waals surface area contributed by atoms with E-state index in [9.17, 15) is 9.59 Å². The van der Waals surface area contributed by atoms with E-state index >= 15 is 0 Å². The molecule has 0 aliphatic carbocycles. The number of hydrogen-bond donors (Lipinski definition) is 3. The SMILES string of the molecule is Cc1cc(C)cc(C(=O)NC(=S)Nc2ccc(C(=O)O)cc2C)c1. The zero-order valence-corrected chi connectivity index (χ0v) is 14.5. The largest absolute Gasteiger partial charge is 0.478 e. The fourth-order valence-corrected chi connectivity index (χ4v) is 2.57. The first-order valence-corrected chi connectivity index (χ1v) is 7.71. The van der Waals surface area contributed by atoms with Crippen LogP contribution in [0.4, 0.5) is 5.69 Å². The van der Waals surface area contributed by atoms with Gasteiger partial charge in [0.25, 0.3) is 5.91 Å². The van der Waals surface area contributed by atoms with Crippen molar-refractivity contribution in [2.24, 2.45) is 0 Å². The molecule has 2 aromatic rings. The summed E-state index contributed by atoms with van der Waals surface area (Å²) in [6.07, 6.45) is 0. The summed E-state index contributed by atoms with van der Waals surface area (Å²) in [5, 5.41) is 14.7. The van der Waals surface area contributed by atoms with Gasteiger partial charge >= 0.3 is 5.97 Å². The van der Waals surface area contributed by atoms with Crippen molar-refractivity contribution in [1.82, 2.24) is 5.32 Å². The number of amides is 1. The van der Waals surface area contributed by atoms with Crippen LogP contribution in [-0.4, -0.2) is 22.1 Å². The number of carboxylic acid groups (broad SMARTS) is 1. The van der Waals surface area contributed by atoms with Gasteiger partial charge in [0, 0.05) is 11.3 Å². The van der Waals surface area contributed by atoms with Gasteiger partial charge in [-0.25, -0.2) is 4.79 Å². The fourth-order valence-electron chi connectivity index (χ4n) is 2.37. The maximum Gasteiger partial charge on any atom is 0.335 e. The molecule has 2 aromatic carbocycles. The van der Waals surface area contributed by atoms with Gasteiger partial charge in [-0.1, -0.05) is 17.2 Å². The molecule has 0 aliphatic rings. The highest BCUT2D eigenvalue weighted by Gasteiger charge is 2.11. The van der Waals surface area contributed by atoms with E-state index in [4.69, 9.17) is 17.3 Å². The first kappa shape index (κ1) is 17.6. The van der Waals surface area contributed by atoms with E-state index in [1.54, 1.807) is 31.2 Å². The van der Waals surface area contributed by atoms with Crippen LogP contribution in [0, 0.1) is 20.8 Å². The number of rotatable bonds is 3. The average Bonchev–Trinajstić information content (AvgIpc) is 2.48. The van der Waals surface area contributed by atoms with Crippen molar-refractivity contribution in [3.8, 4) is 0 Å². The topological polar surface area (TPSA) is 78.4 Å². The Labute approximate surface area is 145 Å². The van der Waals surface area contributed by atoms with Crippen molar-refractivity contribution < 1.29 is 14.7 Å². The van der Waals surface area contributed by atoms with Crippen molar-refractivity contribution in [3.63, 3.8) is 0 Å². The molecule has 124 valence electrons. The highest BCUT2D eigenvalue weighted by Crippen LogP contribution is 2.16. The molecule has 0 saturated heterocycles. The molecule has 0 spiro atoms. The van der Waals surface area contributed by atoms with Crippen molar-refractivity contribution in [3.05, 3.63) is 64.2 Å². The van der Waals surface area contributed by atoms with E-state index < -0.39 is 5.97 Å². The molecule has 0 unspecified atom stereocenters. The van der Waals surface area contributed by atoms with Crippen molar-refractivity contribution in [2.45, 2.75) is 20.8 Å². The number of hydrogen-bond acceptors (Lipinski definition) is 3. The third kappa shape index (κ3) is 4.39. The molecule has 0 fully saturated rings. The number of benzene rings is 2. The van der Waals surface area contributed by atoms with E-state index in [2.05, 4.69) is 10.6 Å². The summed E-state index contributed by atoms with van der Waals surface area (Å²) >= 11 is 5.16. The van der Waals surface area contributed by atoms with Crippen LogP contribution in [0.5, 0.6) is 0 Å². The number of aromatic carboxylic acids is 1. The summed E-state index contributed by atoms with van der Waals surface area (Å²) in [6.45, 7) is 5.62. The Kier molecular flexibility index (Phi) is 5.31. The molecule has 6 heteroatoms. The zero-order valence-electron chi connectivity index (χ0n) is 13.6. The van der Waals surface area contributed by atoms with Gasteiger partial charge in [0.1, 0.15) is 0 Å². The van der Waals surface area contributed by atoms with Gasteiger partial charge in [0.15, 0.2) is 5.11 Å². The lowest BCUT2D eigenvalue weighted by molar-refractivity contribution is 0.0696. The highest BCUT2D eigenvalue weighted by molar-refractivity contribution is 7.80. The second-order valence-corrected chi connectivity index (χ2v) is 6.03. The maximum absolute atomic E-state index is 12.3. The Morgan fingerprint density at radius 3 is 2.12 bits per heavy atom. The third-order valence-electron chi connectivity index (χ3n) is 3.43. The molecule has 0 radical (unpaired) electrons. The molecule has 0 aliphatic heterocycles. The molecule has 0 atom stereocenters. The van der Waals surface area contributed by atoms with Gasteiger partial charge in [-0.15, -0.1) is 0 Å². The molecule has 0 aromatic heterocycles. The lowest BCUT2D eigenvalue weighted by Crippen LogP contribution is -2.34. The van der Waals surface area contributed by atoms with E-state index in [1.807, 2.05) is 19.9 Å². The van der Waals surface area contributed by atoms with Crippen molar-refractivity contribution in [1.29, 1.82) is 0 Å². The van der Waals surface area contributed by atoms with E-state index in [1.165, 1.54) is 6.07 Å². The minimum atomic E-state index is -0.990. The monoisotopic (exact) mass is 342 g/mol. The molecule has 1 amide bonds. The standard InChI is InChI=1S/C18H18N2O3S/c1-10-6-11(2)8-14(7-10)16(21)20-18(24)19-15-5-4-13(17(22)23)9-12(15)3/h4-9H,1-3H3,(H,22,23)(H2,19,20,21,24). The molecule has 2 rings (SSSR count). The summed E-state index contributed by atoms with van der Waals surface area (Å²) in [6, 6.07) is 10.2. The van der Waals surface area contributed by atoms with E-state index in [0.29, 0.717) is 11.3 Å². The summed E-state index contributed by atoms with van der Waals surface area (Å²) in [5.41, 5.74) is 4.10. The highest BCUT2D eigenvalue weighted by atomic mass is 32.1. The minimum Gasteiger partial charge on any atom is -0.478 e. The van der Waals surface area contributed by atoms with E-state index in [-0.39, 0.29) is 16.6 Å². The molecule has 5 nitrogen and oxygen atoms in total. The van der Waals surface area contributed by atoms with Crippen LogP contribution in [0.2, 0.25) is 0 Å². The molecular weight excluding hydrogens is 324 g/mol. The Balaban J connectivity index is 2.08. The predicted octanol–water partition coefficient (Wildman–Crippen LogP) is 3.44. The lowest BCUT2D eigenvalue weighted by Gasteiger charge is -2.12.